The molecule has 3 rings (SSSR count). The lowest BCUT2D eigenvalue weighted by molar-refractivity contribution is -0.124. The maximum Gasteiger partial charge on any atom is 0.223 e. The largest absolute Gasteiger partial charge is 0.373 e. The summed E-state index contributed by atoms with van der Waals surface area (Å²) in [5, 5.41) is 12.1. The molecule has 0 aliphatic carbocycles. The van der Waals surface area contributed by atoms with Gasteiger partial charge in [-0.2, -0.15) is 5.10 Å². The number of carbonyl (C=O) groups is 1. The summed E-state index contributed by atoms with van der Waals surface area (Å²) in [6.45, 7) is 5.11. The zero-order chi connectivity index (χ0) is 14.8. The summed E-state index contributed by atoms with van der Waals surface area (Å²) in [6.07, 6.45) is 1.23. The Kier molecular flexibility index (Phi) is 4.07. The van der Waals surface area contributed by atoms with Crippen molar-refractivity contribution in [3.63, 3.8) is 0 Å². The highest BCUT2D eigenvalue weighted by atomic mass is 32.1. The van der Waals surface area contributed by atoms with Gasteiger partial charge in [-0.15, -0.1) is 11.3 Å². The predicted molar refractivity (Wildman–Crippen MR) is 81.2 cm³/mol. The van der Waals surface area contributed by atoms with E-state index in [-0.39, 0.29) is 12.0 Å². The Morgan fingerprint density at radius 2 is 2.43 bits per heavy atom. The van der Waals surface area contributed by atoms with Crippen molar-refractivity contribution in [3.05, 3.63) is 38.8 Å². The molecule has 0 saturated carbocycles. The summed E-state index contributed by atoms with van der Waals surface area (Å²) in [5.74, 6) is 0.0130. The lowest BCUT2D eigenvalue weighted by atomic mass is 10.0. The lowest BCUT2D eigenvalue weighted by Crippen LogP contribution is -2.27. The SMILES string of the molecule is Cc1n[nH]c(C)c1CNC(=O)CC1OCCc2sccc21. The minimum Gasteiger partial charge on any atom is -0.373 e. The van der Waals surface area contributed by atoms with Crippen molar-refractivity contribution in [2.45, 2.75) is 39.3 Å². The molecule has 1 unspecified atom stereocenters. The fourth-order valence-corrected chi connectivity index (χ4v) is 3.57. The average molecular weight is 305 g/mol. The van der Waals surface area contributed by atoms with E-state index in [0.29, 0.717) is 19.6 Å². The van der Waals surface area contributed by atoms with Gasteiger partial charge in [0.15, 0.2) is 0 Å². The smallest absolute Gasteiger partial charge is 0.223 e. The molecular weight excluding hydrogens is 286 g/mol. The molecule has 1 atom stereocenters. The number of aromatic amines is 1. The van der Waals surface area contributed by atoms with Crippen LogP contribution in [0.4, 0.5) is 0 Å². The van der Waals surface area contributed by atoms with E-state index in [0.717, 1.165) is 23.4 Å². The maximum absolute atomic E-state index is 12.1. The van der Waals surface area contributed by atoms with Crippen molar-refractivity contribution in [2.75, 3.05) is 6.61 Å². The van der Waals surface area contributed by atoms with Gasteiger partial charge in [-0.05, 0) is 30.9 Å². The molecule has 2 aromatic heterocycles. The van der Waals surface area contributed by atoms with Crippen LogP contribution in [0.25, 0.3) is 0 Å². The van der Waals surface area contributed by atoms with E-state index in [1.54, 1.807) is 11.3 Å². The molecule has 0 fully saturated rings. The Hall–Kier alpha value is -1.66. The van der Waals surface area contributed by atoms with Crippen LogP contribution in [-0.2, 0) is 22.5 Å². The molecule has 0 saturated heterocycles. The van der Waals surface area contributed by atoms with E-state index in [2.05, 4.69) is 27.0 Å². The van der Waals surface area contributed by atoms with Crippen LogP contribution < -0.4 is 5.32 Å². The molecule has 5 nitrogen and oxygen atoms in total. The molecule has 6 heteroatoms. The highest BCUT2D eigenvalue weighted by Crippen LogP contribution is 2.32. The number of ether oxygens (including phenoxy) is 1. The van der Waals surface area contributed by atoms with Crippen LogP contribution >= 0.6 is 11.3 Å². The van der Waals surface area contributed by atoms with Crippen molar-refractivity contribution in [2.24, 2.45) is 0 Å². The number of amides is 1. The van der Waals surface area contributed by atoms with Gasteiger partial charge in [0.25, 0.3) is 0 Å². The number of hydrogen-bond donors (Lipinski definition) is 2. The Balaban J connectivity index is 1.58. The summed E-state index contributed by atoms with van der Waals surface area (Å²) in [5.41, 5.74) is 4.17. The molecule has 1 aliphatic heterocycles. The zero-order valence-corrected chi connectivity index (χ0v) is 13.0. The molecule has 1 aliphatic rings. The highest BCUT2D eigenvalue weighted by molar-refractivity contribution is 7.10. The van der Waals surface area contributed by atoms with E-state index < -0.39 is 0 Å². The van der Waals surface area contributed by atoms with Gasteiger partial charge in [0.2, 0.25) is 5.91 Å². The Bertz CT molecular complexity index is 628. The fraction of sp³-hybridized carbons (Fsp3) is 0.467. The maximum atomic E-state index is 12.1. The van der Waals surface area contributed by atoms with Gasteiger partial charge in [0.1, 0.15) is 0 Å². The highest BCUT2D eigenvalue weighted by Gasteiger charge is 2.24. The molecule has 3 heterocycles. The molecule has 112 valence electrons. The molecule has 1 amide bonds. The number of rotatable bonds is 4. The minimum atomic E-state index is -0.105. The molecule has 0 aromatic carbocycles. The number of aromatic nitrogens is 2. The Morgan fingerprint density at radius 3 is 3.19 bits per heavy atom. The summed E-state index contributed by atoms with van der Waals surface area (Å²) >= 11 is 1.75. The molecular formula is C15H19N3O2S. The van der Waals surface area contributed by atoms with Gasteiger partial charge in [-0.1, -0.05) is 0 Å². The third-order valence-electron chi connectivity index (χ3n) is 3.89. The topological polar surface area (TPSA) is 67.0 Å². The molecule has 2 N–H and O–H groups in total. The monoisotopic (exact) mass is 305 g/mol. The number of nitrogens with zero attached hydrogens (tertiary/aromatic N) is 1. The summed E-state index contributed by atoms with van der Waals surface area (Å²) < 4.78 is 5.75. The number of nitrogens with one attached hydrogen (secondary N) is 2. The number of thiophene rings is 1. The Labute approximate surface area is 127 Å². The first-order valence-corrected chi connectivity index (χ1v) is 7.98. The summed E-state index contributed by atoms with van der Waals surface area (Å²) in [7, 11) is 0. The average Bonchev–Trinajstić information content (AvgIpc) is 3.05. The molecule has 21 heavy (non-hydrogen) atoms. The van der Waals surface area contributed by atoms with Crippen molar-refractivity contribution in [3.8, 4) is 0 Å². The predicted octanol–water partition coefficient (Wildman–Crippen LogP) is 2.41. The molecule has 0 spiro atoms. The van der Waals surface area contributed by atoms with Crippen molar-refractivity contribution >= 4 is 17.2 Å². The van der Waals surface area contributed by atoms with Crippen LogP contribution in [0.15, 0.2) is 11.4 Å². The molecule has 0 radical (unpaired) electrons. The van der Waals surface area contributed by atoms with E-state index >= 15 is 0 Å². The number of aryl methyl sites for hydroxylation is 2. The van der Waals surface area contributed by atoms with Gasteiger partial charge in [-0.3, -0.25) is 9.89 Å². The van der Waals surface area contributed by atoms with Gasteiger partial charge in [0, 0.05) is 29.1 Å². The van der Waals surface area contributed by atoms with Crippen LogP contribution in [0, 0.1) is 13.8 Å². The van der Waals surface area contributed by atoms with Crippen LogP contribution in [0.5, 0.6) is 0 Å². The minimum absolute atomic E-state index is 0.0130. The van der Waals surface area contributed by atoms with Crippen LogP contribution in [-0.4, -0.2) is 22.7 Å². The first-order valence-electron chi connectivity index (χ1n) is 7.10. The van der Waals surface area contributed by atoms with Crippen LogP contribution in [0.3, 0.4) is 0 Å². The van der Waals surface area contributed by atoms with E-state index in [9.17, 15) is 4.79 Å². The fourth-order valence-electron chi connectivity index (χ4n) is 2.66. The number of carbonyl (C=O) groups excluding carboxylic acids is 1. The van der Waals surface area contributed by atoms with Crippen LogP contribution in [0.1, 0.15) is 39.9 Å². The van der Waals surface area contributed by atoms with Gasteiger partial charge in [-0.25, -0.2) is 0 Å². The summed E-state index contributed by atoms with van der Waals surface area (Å²) in [6, 6.07) is 2.07. The van der Waals surface area contributed by atoms with Gasteiger partial charge < -0.3 is 10.1 Å². The number of hydrogen-bond acceptors (Lipinski definition) is 4. The quantitative estimate of drug-likeness (QED) is 0.911. The first-order chi connectivity index (χ1) is 10.1. The van der Waals surface area contributed by atoms with E-state index in [1.165, 1.54) is 10.4 Å². The van der Waals surface area contributed by atoms with E-state index in [1.807, 2.05) is 13.8 Å². The van der Waals surface area contributed by atoms with Crippen molar-refractivity contribution < 1.29 is 9.53 Å². The normalized spacial score (nSPS) is 17.5. The van der Waals surface area contributed by atoms with Crippen LogP contribution in [0.2, 0.25) is 0 Å². The number of H-pyrrole nitrogens is 1. The lowest BCUT2D eigenvalue weighted by Gasteiger charge is -2.22. The second-order valence-electron chi connectivity index (χ2n) is 5.30. The molecule has 0 bridgehead atoms. The third-order valence-corrected chi connectivity index (χ3v) is 4.89. The second-order valence-corrected chi connectivity index (χ2v) is 6.30. The third kappa shape index (κ3) is 3.01. The number of fused-ring (bicyclic) bond motifs is 1. The van der Waals surface area contributed by atoms with E-state index in [4.69, 9.17) is 4.74 Å². The van der Waals surface area contributed by atoms with Crippen molar-refractivity contribution in [1.29, 1.82) is 0 Å². The second kappa shape index (κ2) is 5.99. The van der Waals surface area contributed by atoms with Gasteiger partial charge in [0.05, 0.1) is 24.8 Å². The standard InChI is InChI=1S/C15H19N3O2S/c1-9-12(10(2)18-17-9)8-16-15(19)7-13-11-4-6-21-14(11)3-5-20-13/h4,6,13H,3,5,7-8H2,1-2H3,(H,16,19)(H,17,18). The Morgan fingerprint density at radius 1 is 1.57 bits per heavy atom. The van der Waals surface area contributed by atoms with Gasteiger partial charge >= 0.3 is 0 Å². The van der Waals surface area contributed by atoms with Crippen molar-refractivity contribution in [1.82, 2.24) is 15.5 Å². The summed E-state index contributed by atoms with van der Waals surface area (Å²) in [4.78, 5) is 13.5. The zero-order valence-electron chi connectivity index (χ0n) is 12.2. The first kappa shape index (κ1) is 14.3. The molecule has 2 aromatic rings.